The van der Waals surface area contributed by atoms with E-state index in [0.717, 1.165) is 5.56 Å². The summed E-state index contributed by atoms with van der Waals surface area (Å²) < 4.78 is 157. The Labute approximate surface area is 430 Å². The van der Waals surface area contributed by atoms with Crippen molar-refractivity contribution in [3.8, 4) is 5.75 Å². The van der Waals surface area contributed by atoms with Gasteiger partial charge < -0.3 is 28.8 Å². The number of rotatable bonds is 20. The summed E-state index contributed by atoms with van der Waals surface area (Å²) in [5, 5.41) is 9.23. The van der Waals surface area contributed by atoms with E-state index in [1.165, 1.54) is 30.3 Å². The fraction of sp³-hybridized carbons (Fsp3) is 0.391. The zero-order valence-corrected chi connectivity index (χ0v) is 44.5. The first kappa shape index (κ1) is 56.5. The van der Waals surface area contributed by atoms with Gasteiger partial charge in [-0.05, 0) is 111 Å². The molecule has 0 aliphatic carbocycles. The van der Waals surface area contributed by atoms with Crippen molar-refractivity contribution in [3.05, 3.63) is 125 Å². The van der Waals surface area contributed by atoms with Gasteiger partial charge in [0.1, 0.15) is 25.5 Å². The first-order valence-electron chi connectivity index (χ1n) is 21.7. The van der Waals surface area contributed by atoms with Crippen LogP contribution in [-0.4, -0.2) is 141 Å². The normalized spacial score (nSPS) is 18.1. The Morgan fingerprint density at radius 3 is 2.00 bits per heavy atom. The van der Waals surface area contributed by atoms with Crippen molar-refractivity contribution in [2.24, 2.45) is 0 Å². The van der Waals surface area contributed by atoms with E-state index in [1.807, 2.05) is 37.2 Å². The first-order chi connectivity index (χ1) is 32.1. The van der Waals surface area contributed by atoms with E-state index in [4.69, 9.17) is 14.2 Å². The third kappa shape index (κ3) is 14.0. The fourth-order valence-electron chi connectivity index (χ4n) is 8.52. The molecule has 0 spiro atoms. The van der Waals surface area contributed by atoms with Crippen LogP contribution in [0.5, 0.6) is 5.75 Å². The number of benzene rings is 3. The Bertz CT molecular complexity index is 3120. The predicted octanol–water partition coefficient (Wildman–Crippen LogP) is 5.65. The quantitative estimate of drug-likeness (QED) is 0.0460. The summed E-state index contributed by atoms with van der Waals surface area (Å²) in [6.07, 6.45) is 7.60. The number of fused-ring (bicyclic) bond motifs is 2. The molecule has 0 amide bonds. The molecule has 4 N–H and O–H groups in total. The molecule has 24 heteroatoms. The van der Waals surface area contributed by atoms with Gasteiger partial charge in [0.25, 0.3) is 30.4 Å². The molecule has 375 valence electrons. The number of allylic oxidation sites excluding steroid dienone is 5. The van der Waals surface area contributed by atoms with Crippen molar-refractivity contribution in [1.82, 2.24) is 0 Å². The standard InChI is InChI=1S/C46H54N2O17S4.Na/c1-45(2)35-29-33(68(57,58)59)14-16-37(35)47(23-5-7-27-66(51,52)53)41(45)20-18-39-44(65-32-12-9-31(10-13-32)11-22-43(49)50)40(64-26-25-63-39)19-21-42-46(3,4)36-30-34(69(60,61)62)15-17-38(36)48(42)24-6-8-28-67(54,55)56;/h9-10,12-21,29-30H,5-8,11,22-28H2,1-4H3,(H4-,49,50,51,52,53,54,55,56,57,58,59,60,61,62);. The summed E-state index contributed by atoms with van der Waals surface area (Å²) in [6, 6.07) is 15.0. The van der Waals surface area contributed by atoms with Crippen LogP contribution in [0.25, 0.3) is 0 Å². The number of aryl methyl sites for hydroxylation is 1. The minimum atomic E-state index is -4.60. The molecular weight excluding hydrogens is 1000 g/mol. The van der Waals surface area contributed by atoms with Crippen molar-refractivity contribution in [2.75, 3.05) is 42.7 Å². The number of unbranched alkanes of at least 4 members (excludes halogenated alkanes) is 2. The Morgan fingerprint density at radius 2 is 1.39 bits per heavy atom. The molecule has 3 aliphatic heterocycles. The van der Waals surface area contributed by atoms with Gasteiger partial charge in [-0.2, -0.15) is 29.8 Å². The summed E-state index contributed by atoms with van der Waals surface area (Å²) in [7, 11) is -17.9. The van der Waals surface area contributed by atoms with Crippen LogP contribution in [0.1, 0.15) is 76.5 Å². The molecule has 0 saturated heterocycles. The number of ether oxygens (including phenoxy) is 3. The van der Waals surface area contributed by atoms with Crippen molar-refractivity contribution in [3.63, 3.8) is 0 Å². The SMILES string of the molecule is CC1(C)C(/C=C/C2=C(Oc3ccc(CCC(=O)O)cc3)C(=C\C=C3\N(CCCCS(=O)(=O)O)c4ccc(S(=O)(=O)O)cc4C3(C)C)/OCCO2)=[N+](CCCCS(=O)(=O)[O-])c2ccc(S(=O)(=O)O)cc21.[Na]. The van der Waals surface area contributed by atoms with E-state index in [-0.39, 0.29) is 115 Å². The predicted molar refractivity (Wildman–Crippen MR) is 258 cm³/mol. The third-order valence-corrected chi connectivity index (χ3v) is 15.3. The summed E-state index contributed by atoms with van der Waals surface area (Å²) in [5.41, 5.74) is 2.33. The van der Waals surface area contributed by atoms with Crippen LogP contribution in [0.4, 0.5) is 11.4 Å². The van der Waals surface area contributed by atoms with Crippen molar-refractivity contribution < 1.29 is 80.6 Å². The number of aliphatic carboxylic acids is 1. The molecule has 0 fully saturated rings. The Kier molecular flexibility index (Phi) is 17.9. The number of carboxylic acids is 1. The van der Waals surface area contributed by atoms with Gasteiger partial charge in [0.05, 0.1) is 31.1 Å². The van der Waals surface area contributed by atoms with Crippen LogP contribution in [0, 0.1) is 0 Å². The second-order valence-electron chi connectivity index (χ2n) is 17.7. The molecule has 0 bridgehead atoms. The molecule has 1 radical (unpaired) electrons. The van der Waals surface area contributed by atoms with Crippen LogP contribution in [0.2, 0.25) is 0 Å². The van der Waals surface area contributed by atoms with E-state index < -0.39 is 68.8 Å². The van der Waals surface area contributed by atoms with Gasteiger partial charge >= 0.3 is 5.97 Å². The molecule has 70 heavy (non-hydrogen) atoms. The Hall–Kier alpha value is -4.40. The fourth-order valence-corrected chi connectivity index (χ4v) is 10.7. The summed E-state index contributed by atoms with van der Waals surface area (Å²) in [6.45, 7) is 7.86. The van der Waals surface area contributed by atoms with Gasteiger partial charge in [-0.1, -0.05) is 26.0 Å². The van der Waals surface area contributed by atoms with Gasteiger partial charge in [-0.3, -0.25) is 18.5 Å². The average Bonchev–Trinajstić information content (AvgIpc) is 3.47. The summed E-state index contributed by atoms with van der Waals surface area (Å²) in [4.78, 5) is 12.5. The minimum Gasteiger partial charge on any atom is -0.748 e. The monoisotopic (exact) mass is 1060 g/mol. The third-order valence-electron chi connectivity index (χ3n) is 12.0. The molecule has 3 heterocycles. The van der Waals surface area contributed by atoms with Gasteiger partial charge in [-0.15, -0.1) is 0 Å². The molecule has 19 nitrogen and oxygen atoms in total. The number of carbonyl (C=O) groups is 1. The maximum absolute atomic E-state index is 12.3. The molecule has 3 aromatic rings. The number of hydrogen-bond donors (Lipinski definition) is 4. The molecule has 6 rings (SSSR count). The number of nitrogens with zero attached hydrogens (tertiary/aromatic N) is 2. The summed E-state index contributed by atoms with van der Waals surface area (Å²) >= 11 is 0. The molecule has 0 atom stereocenters. The second kappa shape index (κ2) is 22.2. The van der Waals surface area contributed by atoms with Crippen molar-refractivity contribution >= 4 is 93.1 Å². The van der Waals surface area contributed by atoms with Crippen molar-refractivity contribution in [1.29, 1.82) is 0 Å². The minimum absolute atomic E-state index is 0. The van der Waals surface area contributed by atoms with Crippen LogP contribution in [0.3, 0.4) is 0 Å². The van der Waals surface area contributed by atoms with E-state index in [1.54, 1.807) is 54.6 Å². The maximum Gasteiger partial charge on any atom is 0.303 e. The maximum atomic E-state index is 12.3. The number of carboxylic acid groups (broad SMARTS) is 1. The zero-order valence-electron chi connectivity index (χ0n) is 39.2. The molecular formula is C46H54N2NaO17S4. The van der Waals surface area contributed by atoms with E-state index >= 15 is 0 Å². The van der Waals surface area contributed by atoms with E-state index in [0.29, 0.717) is 46.1 Å². The molecule has 3 aromatic carbocycles. The largest absolute Gasteiger partial charge is 0.748 e. The van der Waals surface area contributed by atoms with Gasteiger partial charge in [0.15, 0.2) is 17.2 Å². The molecule has 3 aliphatic rings. The number of anilines is 1. The molecule has 0 unspecified atom stereocenters. The van der Waals surface area contributed by atoms with E-state index in [9.17, 15) is 61.8 Å². The smallest absolute Gasteiger partial charge is 0.303 e. The summed E-state index contributed by atoms with van der Waals surface area (Å²) in [5.74, 6) is -1.31. The topological polar surface area (TPSA) is 292 Å². The van der Waals surface area contributed by atoms with E-state index in [2.05, 4.69) is 0 Å². The zero-order chi connectivity index (χ0) is 50.7. The van der Waals surface area contributed by atoms with Crippen LogP contribution in [-0.2, 0) is 72.0 Å². The van der Waals surface area contributed by atoms with Gasteiger partial charge in [0.2, 0.25) is 11.4 Å². The Morgan fingerprint density at radius 1 is 0.771 bits per heavy atom. The average molecular weight is 1060 g/mol. The number of hydrogen-bond acceptors (Lipinski definition) is 14. The van der Waals surface area contributed by atoms with Crippen LogP contribution < -0.4 is 9.64 Å². The van der Waals surface area contributed by atoms with Crippen LogP contribution >= 0.6 is 0 Å². The first-order valence-corrected chi connectivity index (χ1v) is 27.8. The Balaban J connectivity index is 0.00000913. The molecule has 0 saturated carbocycles. The van der Waals surface area contributed by atoms with Gasteiger partial charge in [0, 0.05) is 89.2 Å². The second-order valence-corrected chi connectivity index (χ2v) is 23.6. The van der Waals surface area contributed by atoms with Gasteiger partial charge in [-0.25, -0.2) is 8.42 Å². The van der Waals surface area contributed by atoms with Crippen molar-refractivity contribution in [2.45, 2.75) is 86.8 Å². The van der Waals surface area contributed by atoms with Crippen LogP contribution in [0.15, 0.2) is 118 Å². The molecule has 0 aromatic heterocycles.